The molecule has 14 heteroatoms. The normalized spacial score (nSPS) is 18.0. The molecule has 4 atom stereocenters. The van der Waals surface area contributed by atoms with E-state index in [-0.39, 0.29) is 37.2 Å². The molecule has 8 nitrogen and oxygen atoms in total. The molecule has 0 saturated carbocycles. The van der Waals surface area contributed by atoms with Crippen LogP contribution in [0.4, 0.5) is 36.8 Å². The first-order valence-electron chi connectivity index (χ1n) is 14.5. The third kappa shape index (κ3) is 9.93. The van der Waals surface area contributed by atoms with Crippen LogP contribution in [0.15, 0.2) is 60.7 Å². The van der Waals surface area contributed by atoms with Crippen LogP contribution >= 0.6 is 0 Å². The second kappa shape index (κ2) is 15.4. The predicted octanol–water partition coefficient (Wildman–Crippen LogP) is 5.09. The second-order valence-corrected chi connectivity index (χ2v) is 11.0. The zero-order valence-electron chi connectivity index (χ0n) is 24.8. The van der Waals surface area contributed by atoms with Crippen LogP contribution in [0.3, 0.4) is 0 Å². The lowest BCUT2D eigenvalue weighted by Gasteiger charge is -2.31. The van der Waals surface area contributed by atoms with Crippen molar-refractivity contribution in [2.45, 2.75) is 50.1 Å². The SMILES string of the molecule is Cc1cc(F)cc([C@H](c2ccc(F)cc2)[C@H](N)C(=O)Nc2cccc(F)c2CC[C@@H]2CNC[C@@H](COC(=O)NCC(F)(F)F)O2)c1. The van der Waals surface area contributed by atoms with E-state index in [0.29, 0.717) is 23.2 Å². The van der Waals surface area contributed by atoms with Crippen LogP contribution in [-0.4, -0.2) is 62.7 Å². The van der Waals surface area contributed by atoms with Gasteiger partial charge in [0.2, 0.25) is 5.91 Å². The molecule has 1 fully saturated rings. The van der Waals surface area contributed by atoms with Gasteiger partial charge in [0.05, 0.1) is 12.1 Å². The van der Waals surface area contributed by atoms with Crippen LogP contribution in [0.1, 0.15) is 34.6 Å². The Bertz CT molecular complexity index is 1480. The largest absolute Gasteiger partial charge is 0.447 e. The predicted molar refractivity (Wildman–Crippen MR) is 158 cm³/mol. The van der Waals surface area contributed by atoms with Gasteiger partial charge >= 0.3 is 12.3 Å². The summed E-state index contributed by atoms with van der Waals surface area (Å²) in [6, 6.07) is 12.5. The van der Waals surface area contributed by atoms with Gasteiger partial charge in [0.25, 0.3) is 0 Å². The molecular weight excluding hydrogens is 618 g/mol. The molecule has 0 radical (unpaired) electrons. The number of benzene rings is 3. The van der Waals surface area contributed by atoms with Crippen molar-refractivity contribution in [1.29, 1.82) is 0 Å². The Kier molecular flexibility index (Phi) is 11.7. The van der Waals surface area contributed by atoms with E-state index in [4.69, 9.17) is 15.2 Å². The number of alkyl carbamates (subject to hydrolysis) is 1. The minimum Gasteiger partial charge on any atom is -0.447 e. The van der Waals surface area contributed by atoms with Gasteiger partial charge in [0.15, 0.2) is 0 Å². The van der Waals surface area contributed by atoms with E-state index >= 15 is 4.39 Å². The van der Waals surface area contributed by atoms with Crippen molar-refractivity contribution in [3.63, 3.8) is 0 Å². The molecule has 0 bridgehead atoms. The summed E-state index contributed by atoms with van der Waals surface area (Å²) < 4.78 is 90.7. The number of amides is 2. The highest BCUT2D eigenvalue weighted by atomic mass is 19.4. The maximum atomic E-state index is 15.1. The summed E-state index contributed by atoms with van der Waals surface area (Å²) in [5, 5.41) is 7.39. The Hall–Kier alpha value is -4.14. The van der Waals surface area contributed by atoms with Crippen LogP contribution in [0.5, 0.6) is 0 Å². The van der Waals surface area contributed by atoms with Crippen LogP contribution in [0.2, 0.25) is 0 Å². The minimum atomic E-state index is -4.58. The van der Waals surface area contributed by atoms with Crippen LogP contribution in [0.25, 0.3) is 0 Å². The van der Waals surface area contributed by atoms with Gasteiger partial charge in [-0.05, 0) is 72.9 Å². The molecule has 1 heterocycles. The molecular formula is C32H34F6N4O4. The highest BCUT2D eigenvalue weighted by Gasteiger charge is 2.31. The van der Waals surface area contributed by atoms with Crippen molar-refractivity contribution >= 4 is 17.7 Å². The average molecular weight is 653 g/mol. The fourth-order valence-electron chi connectivity index (χ4n) is 5.26. The lowest BCUT2D eigenvalue weighted by Crippen LogP contribution is -2.47. The van der Waals surface area contributed by atoms with Gasteiger partial charge in [-0.3, -0.25) is 4.79 Å². The van der Waals surface area contributed by atoms with Crippen molar-refractivity contribution in [1.82, 2.24) is 10.6 Å². The lowest BCUT2D eigenvalue weighted by atomic mass is 9.84. The number of carbonyl (C=O) groups excluding carboxylic acids is 2. The van der Waals surface area contributed by atoms with Gasteiger partial charge in [-0.25, -0.2) is 18.0 Å². The molecule has 248 valence electrons. The van der Waals surface area contributed by atoms with Gasteiger partial charge in [0, 0.05) is 30.3 Å². The van der Waals surface area contributed by atoms with Crippen LogP contribution in [-0.2, 0) is 20.7 Å². The zero-order valence-corrected chi connectivity index (χ0v) is 24.8. The summed E-state index contributed by atoms with van der Waals surface area (Å²) in [7, 11) is 0. The molecule has 0 spiro atoms. The minimum absolute atomic E-state index is 0.119. The number of nitrogens with one attached hydrogen (secondary N) is 3. The molecule has 1 aliphatic rings. The van der Waals surface area contributed by atoms with E-state index in [2.05, 4.69) is 10.6 Å². The maximum Gasteiger partial charge on any atom is 0.407 e. The molecule has 4 rings (SSSR count). The fraction of sp³-hybridized carbons (Fsp3) is 0.375. The molecule has 1 aliphatic heterocycles. The molecule has 0 unspecified atom stereocenters. The number of morpholine rings is 1. The Balaban J connectivity index is 1.42. The lowest BCUT2D eigenvalue weighted by molar-refractivity contribution is -0.124. The Labute approximate surface area is 261 Å². The standard InChI is InChI=1S/C32H34F6N4O4/c1-18-11-20(13-22(34)12-18)28(19-5-7-21(33)8-6-19)29(39)30(43)42-27-4-2-3-26(35)25(27)10-9-23-14-40-15-24(46-23)16-45-31(44)41-17-32(36,37)38/h2-8,11-13,23-24,28-29,40H,9-10,14-17,39H2,1H3,(H,41,44)(H,42,43)/t23-,24+,28+,29+/m1/s1. The van der Waals surface area contributed by atoms with Crippen molar-refractivity contribution in [3.05, 3.63) is 100 Å². The molecule has 5 N–H and O–H groups in total. The maximum absolute atomic E-state index is 15.1. The van der Waals surface area contributed by atoms with Gasteiger partial charge in [-0.1, -0.05) is 24.3 Å². The van der Waals surface area contributed by atoms with E-state index in [9.17, 15) is 31.5 Å². The third-order valence-corrected chi connectivity index (χ3v) is 7.37. The summed E-state index contributed by atoms with van der Waals surface area (Å²) >= 11 is 0. The highest BCUT2D eigenvalue weighted by molar-refractivity contribution is 5.96. The molecule has 3 aromatic carbocycles. The van der Waals surface area contributed by atoms with E-state index in [1.807, 2.05) is 0 Å². The number of hydrogen-bond donors (Lipinski definition) is 4. The fourth-order valence-corrected chi connectivity index (χ4v) is 5.26. The highest BCUT2D eigenvalue weighted by Crippen LogP contribution is 2.31. The van der Waals surface area contributed by atoms with Crippen molar-refractivity contribution < 1.29 is 45.4 Å². The Morgan fingerprint density at radius 2 is 1.72 bits per heavy atom. The molecule has 2 amide bonds. The number of aryl methyl sites for hydroxylation is 1. The molecule has 0 aliphatic carbocycles. The van der Waals surface area contributed by atoms with E-state index in [1.54, 1.807) is 18.3 Å². The summed E-state index contributed by atoms with van der Waals surface area (Å²) in [6.07, 6.45) is -6.53. The molecule has 0 aromatic heterocycles. The quantitative estimate of drug-likeness (QED) is 0.215. The summed E-state index contributed by atoms with van der Waals surface area (Å²) in [5.41, 5.74) is 8.28. The summed E-state index contributed by atoms with van der Waals surface area (Å²) in [5.74, 6) is -3.15. The van der Waals surface area contributed by atoms with E-state index in [1.165, 1.54) is 54.6 Å². The number of anilines is 1. The first-order chi connectivity index (χ1) is 21.8. The van der Waals surface area contributed by atoms with Crippen molar-refractivity contribution in [2.75, 3.05) is 31.6 Å². The summed E-state index contributed by atoms with van der Waals surface area (Å²) in [4.78, 5) is 25.1. The smallest absolute Gasteiger partial charge is 0.407 e. The Morgan fingerprint density at radius 3 is 2.41 bits per heavy atom. The monoisotopic (exact) mass is 652 g/mol. The molecule has 46 heavy (non-hydrogen) atoms. The summed E-state index contributed by atoms with van der Waals surface area (Å²) in [6.45, 7) is 0.523. The average Bonchev–Trinajstić information content (AvgIpc) is 2.99. The number of ether oxygens (including phenoxy) is 2. The Morgan fingerprint density at radius 1 is 1.00 bits per heavy atom. The zero-order chi connectivity index (χ0) is 33.4. The first kappa shape index (κ1) is 34.7. The first-order valence-corrected chi connectivity index (χ1v) is 14.5. The van der Waals surface area contributed by atoms with Gasteiger partial charge < -0.3 is 31.2 Å². The van der Waals surface area contributed by atoms with Gasteiger partial charge in [-0.15, -0.1) is 0 Å². The topological polar surface area (TPSA) is 115 Å². The van der Waals surface area contributed by atoms with Gasteiger partial charge in [-0.2, -0.15) is 13.2 Å². The van der Waals surface area contributed by atoms with Crippen molar-refractivity contribution in [3.8, 4) is 0 Å². The van der Waals surface area contributed by atoms with Gasteiger partial charge in [0.1, 0.15) is 36.7 Å². The number of carbonyl (C=O) groups is 2. The van der Waals surface area contributed by atoms with Crippen LogP contribution < -0.4 is 21.7 Å². The number of nitrogens with two attached hydrogens (primary N) is 1. The number of alkyl halides is 3. The number of rotatable bonds is 11. The van der Waals surface area contributed by atoms with Crippen molar-refractivity contribution in [2.24, 2.45) is 5.73 Å². The number of hydrogen-bond acceptors (Lipinski definition) is 6. The third-order valence-electron chi connectivity index (χ3n) is 7.37. The van der Waals surface area contributed by atoms with E-state index < -0.39 is 66.3 Å². The molecule has 1 saturated heterocycles. The molecule has 3 aromatic rings. The number of halogens is 6. The van der Waals surface area contributed by atoms with E-state index in [0.717, 1.165) is 0 Å². The second-order valence-electron chi connectivity index (χ2n) is 11.0. The van der Waals surface area contributed by atoms with Crippen LogP contribution in [0, 0.1) is 24.4 Å².